The second-order valence-corrected chi connectivity index (χ2v) is 8.12. The highest BCUT2D eigenvalue weighted by atomic mass is 35.5. The summed E-state index contributed by atoms with van der Waals surface area (Å²) in [6.07, 6.45) is 1.09. The lowest BCUT2D eigenvalue weighted by Gasteiger charge is -2.29. The van der Waals surface area contributed by atoms with Crippen LogP contribution in [0.2, 0.25) is 5.02 Å². The van der Waals surface area contributed by atoms with Crippen LogP contribution in [0.3, 0.4) is 0 Å². The molecule has 0 aliphatic carbocycles. The van der Waals surface area contributed by atoms with Crippen molar-refractivity contribution in [2.75, 3.05) is 52.1 Å². The Kier molecular flexibility index (Phi) is 5.85. The van der Waals surface area contributed by atoms with Gasteiger partial charge in [0.05, 0.1) is 19.3 Å². The van der Waals surface area contributed by atoms with Gasteiger partial charge in [-0.2, -0.15) is 0 Å². The first-order valence-corrected chi connectivity index (χ1v) is 9.87. The van der Waals surface area contributed by atoms with Crippen LogP contribution < -0.4 is 9.80 Å². The number of quaternary nitrogens is 2. The van der Waals surface area contributed by atoms with Crippen LogP contribution >= 0.6 is 23.4 Å². The largest absolute Gasteiger partial charge is 0.328 e. The molecule has 1 aromatic rings. The van der Waals surface area contributed by atoms with E-state index >= 15 is 0 Å². The molecular weight excluding hydrogens is 330 g/mol. The zero-order chi connectivity index (χ0) is 16.2. The normalized spacial score (nSPS) is 28.3. The fraction of sp³-hybridized carbons (Fsp3) is 0.588. The number of thioether (sulfide) groups is 1. The molecule has 0 aromatic heterocycles. The average molecular weight is 356 g/mol. The Morgan fingerprint density at radius 3 is 2.61 bits per heavy atom. The molecule has 0 radical (unpaired) electrons. The summed E-state index contributed by atoms with van der Waals surface area (Å²) in [6.45, 7) is 7.09. The maximum absolute atomic E-state index is 12.2. The van der Waals surface area contributed by atoms with Gasteiger partial charge < -0.3 is 14.7 Å². The predicted molar refractivity (Wildman–Crippen MR) is 95.2 cm³/mol. The van der Waals surface area contributed by atoms with E-state index in [0.29, 0.717) is 5.75 Å². The molecule has 1 amide bonds. The van der Waals surface area contributed by atoms with Gasteiger partial charge in [-0.25, -0.2) is 0 Å². The monoisotopic (exact) mass is 355 g/mol. The number of hydrogen-bond donors (Lipinski definition) is 2. The van der Waals surface area contributed by atoms with Crippen molar-refractivity contribution >= 4 is 29.3 Å². The molecule has 2 heterocycles. The lowest BCUT2D eigenvalue weighted by Crippen LogP contribution is -3.27. The SMILES string of the molecule is C[NH+]1CC[NH+](CCCN2C(=O)CS[C@H]2c2ccc(Cl)cc2)CC1. The molecule has 3 rings (SSSR count). The van der Waals surface area contributed by atoms with Crippen LogP contribution in [0.4, 0.5) is 0 Å². The fourth-order valence-electron chi connectivity index (χ4n) is 3.38. The number of piperazine rings is 1. The zero-order valence-electron chi connectivity index (χ0n) is 13.7. The third-order valence-corrected chi connectivity index (χ3v) is 6.37. The van der Waals surface area contributed by atoms with Gasteiger partial charge in [-0.1, -0.05) is 23.7 Å². The van der Waals surface area contributed by atoms with Crippen LogP contribution in [0.5, 0.6) is 0 Å². The van der Waals surface area contributed by atoms with Gasteiger partial charge >= 0.3 is 0 Å². The Balaban J connectivity index is 1.52. The summed E-state index contributed by atoms with van der Waals surface area (Å²) in [5, 5.41) is 0.905. The molecule has 2 N–H and O–H groups in total. The summed E-state index contributed by atoms with van der Waals surface area (Å²) in [5.74, 6) is 0.866. The highest BCUT2D eigenvalue weighted by molar-refractivity contribution is 8.00. The Morgan fingerprint density at radius 1 is 1.22 bits per heavy atom. The summed E-state index contributed by atoms with van der Waals surface area (Å²) in [4.78, 5) is 17.6. The highest BCUT2D eigenvalue weighted by Crippen LogP contribution is 2.38. The van der Waals surface area contributed by atoms with Crippen molar-refractivity contribution < 1.29 is 14.6 Å². The van der Waals surface area contributed by atoms with E-state index in [1.54, 1.807) is 21.6 Å². The zero-order valence-corrected chi connectivity index (χ0v) is 15.3. The predicted octanol–water partition coefficient (Wildman–Crippen LogP) is -0.283. The number of amides is 1. The topological polar surface area (TPSA) is 29.2 Å². The molecule has 2 aliphatic heterocycles. The van der Waals surface area contributed by atoms with Gasteiger partial charge in [-0.3, -0.25) is 4.79 Å². The van der Waals surface area contributed by atoms with E-state index in [1.807, 2.05) is 24.3 Å². The molecular formula is C17H26ClN3OS+2. The van der Waals surface area contributed by atoms with E-state index in [9.17, 15) is 4.79 Å². The number of benzene rings is 1. The molecule has 2 saturated heterocycles. The van der Waals surface area contributed by atoms with Crippen LogP contribution in [0, 0.1) is 0 Å². The van der Waals surface area contributed by atoms with Crippen LogP contribution in [0.1, 0.15) is 17.4 Å². The minimum atomic E-state index is 0.159. The smallest absolute Gasteiger partial charge is 0.233 e. The van der Waals surface area contributed by atoms with Crippen molar-refractivity contribution in [1.29, 1.82) is 0 Å². The molecule has 1 aromatic carbocycles. The molecule has 2 aliphatic rings. The Bertz CT molecular complexity index is 531. The van der Waals surface area contributed by atoms with E-state index in [4.69, 9.17) is 11.6 Å². The minimum Gasteiger partial charge on any atom is -0.328 e. The molecule has 1 atom stereocenters. The van der Waals surface area contributed by atoms with Gasteiger partial charge in [0, 0.05) is 18.0 Å². The molecule has 4 nitrogen and oxygen atoms in total. The lowest BCUT2D eigenvalue weighted by atomic mass is 10.2. The Labute approximate surface area is 147 Å². The first kappa shape index (κ1) is 17.1. The number of rotatable bonds is 5. The number of carbonyl (C=O) groups is 1. The van der Waals surface area contributed by atoms with Gasteiger partial charge in [0.2, 0.25) is 5.91 Å². The molecule has 0 saturated carbocycles. The highest BCUT2D eigenvalue weighted by Gasteiger charge is 2.32. The summed E-state index contributed by atoms with van der Waals surface area (Å²) in [6, 6.07) is 7.91. The molecule has 0 unspecified atom stereocenters. The van der Waals surface area contributed by atoms with Crippen molar-refractivity contribution in [2.45, 2.75) is 11.8 Å². The molecule has 0 bridgehead atoms. The third kappa shape index (κ3) is 4.41. The first-order valence-electron chi connectivity index (χ1n) is 8.45. The van der Waals surface area contributed by atoms with E-state index in [0.717, 1.165) is 18.0 Å². The first-order chi connectivity index (χ1) is 11.1. The van der Waals surface area contributed by atoms with Gasteiger partial charge in [0.1, 0.15) is 31.6 Å². The molecule has 2 fully saturated rings. The standard InChI is InChI=1S/C17H24ClN3OS/c1-19-9-11-20(12-10-19)7-2-8-21-16(22)13-23-17(21)14-3-5-15(18)6-4-14/h3-6,17H,2,7-13H2,1H3/p+2/t17-/m0/s1. The van der Waals surface area contributed by atoms with Crippen molar-refractivity contribution in [3.8, 4) is 0 Å². The summed E-state index contributed by atoms with van der Waals surface area (Å²) >= 11 is 7.70. The van der Waals surface area contributed by atoms with E-state index in [-0.39, 0.29) is 11.3 Å². The van der Waals surface area contributed by atoms with Crippen molar-refractivity contribution in [1.82, 2.24) is 4.90 Å². The molecule has 23 heavy (non-hydrogen) atoms. The number of hydrogen-bond acceptors (Lipinski definition) is 2. The van der Waals surface area contributed by atoms with Crippen LogP contribution in [-0.2, 0) is 4.79 Å². The summed E-state index contributed by atoms with van der Waals surface area (Å²) in [7, 11) is 2.27. The second kappa shape index (κ2) is 7.88. The van der Waals surface area contributed by atoms with E-state index in [1.165, 1.54) is 38.3 Å². The summed E-state index contributed by atoms with van der Waals surface area (Å²) < 4.78 is 0. The van der Waals surface area contributed by atoms with Gasteiger partial charge in [-0.15, -0.1) is 11.8 Å². The molecule has 6 heteroatoms. The minimum absolute atomic E-state index is 0.159. The maximum atomic E-state index is 12.2. The van der Waals surface area contributed by atoms with Crippen LogP contribution in [-0.4, -0.2) is 62.9 Å². The maximum Gasteiger partial charge on any atom is 0.233 e. The van der Waals surface area contributed by atoms with Crippen molar-refractivity contribution in [3.63, 3.8) is 0 Å². The number of nitrogens with zero attached hydrogens (tertiary/aromatic N) is 1. The summed E-state index contributed by atoms with van der Waals surface area (Å²) in [5.41, 5.74) is 1.18. The molecule has 126 valence electrons. The second-order valence-electron chi connectivity index (χ2n) is 6.61. The van der Waals surface area contributed by atoms with Crippen molar-refractivity contribution in [2.24, 2.45) is 0 Å². The Hall–Kier alpha value is -0.750. The third-order valence-electron chi connectivity index (χ3n) is 4.86. The number of halogens is 1. The van der Waals surface area contributed by atoms with Crippen LogP contribution in [0.25, 0.3) is 0 Å². The van der Waals surface area contributed by atoms with Gasteiger partial charge in [0.25, 0.3) is 0 Å². The lowest BCUT2D eigenvalue weighted by molar-refractivity contribution is -1.00. The fourth-order valence-corrected chi connectivity index (χ4v) is 4.72. The van der Waals surface area contributed by atoms with E-state index in [2.05, 4.69) is 11.9 Å². The quantitative estimate of drug-likeness (QED) is 0.760. The van der Waals surface area contributed by atoms with E-state index < -0.39 is 0 Å². The number of likely N-dealkylation sites (N-methyl/N-ethyl adjacent to an activating group) is 1. The van der Waals surface area contributed by atoms with Crippen molar-refractivity contribution in [3.05, 3.63) is 34.9 Å². The number of nitrogens with one attached hydrogen (secondary N) is 2. The van der Waals surface area contributed by atoms with Gasteiger partial charge in [-0.05, 0) is 17.7 Å². The number of carbonyl (C=O) groups excluding carboxylic acids is 1. The average Bonchev–Trinajstić information content (AvgIpc) is 2.91. The molecule has 0 spiro atoms. The van der Waals surface area contributed by atoms with Gasteiger partial charge in [0.15, 0.2) is 0 Å². The van der Waals surface area contributed by atoms with Crippen LogP contribution in [0.15, 0.2) is 24.3 Å². The Morgan fingerprint density at radius 2 is 1.91 bits per heavy atom.